The number of fused-ring (bicyclic) bond motifs is 1. The van der Waals surface area contributed by atoms with Gasteiger partial charge in [-0.05, 0) is 50.7 Å². The van der Waals surface area contributed by atoms with Gasteiger partial charge in [0.15, 0.2) is 5.96 Å². The highest BCUT2D eigenvalue weighted by molar-refractivity contribution is 14.0. The molecule has 0 spiro atoms. The molecule has 2 atom stereocenters. The number of halogens is 1. The number of para-hydroxylation sites is 1. The number of nitrogens with one attached hydrogen (secondary N) is 1. The van der Waals surface area contributed by atoms with Gasteiger partial charge in [-0.25, -0.2) is 4.99 Å². The number of hydrogen-bond donors (Lipinski definition) is 1. The van der Waals surface area contributed by atoms with Gasteiger partial charge in [0.2, 0.25) is 0 Å². The fraction of sp³-hybridized carbons (Fsp3) is 0.696. The normalized spacial score (nSPS) is 24.7. The van der Waals surface area contributed by atoms with Crippen molar-refractivity contribution in [1.29, 1.82) is 0 Å². The van der Waals surface area contributed by atoms with Crippen LogP contribution in [0.15, 0.2) is 29.3 Å². The zero-order chi connectivity index (χ0) is 19.9. The van der Waals surface area contributed by atoms with Crippen LogP contribution >= 0.6 is 24.0 Å². The fourth-order valence-corrected chi connectivity index (χ4v) is 4.39. The van der Waals surface area contributed by atoms with Crippen molar-refractivity contribution in [3.8, 4) is 5.75 Å². The third kappa shape index (κ3) is 6.47. The number of piperidine rings is 1. The molecule has 3 aliphatic heterocycles. The lowest BCUT2D eigenvalue weighted by atomic mass is 10.1. The number of likely N-dealkylation sites (tertiary alicyclic amines) is 1. The van der Waals surface area contributed by atoms with E-state index in [0.29, 0.717) is 18.8 Å². The number of aliphatic imine (C=N–C) groups is 1. The Morgan fingerprint density at radius 3 is 2.73 bits per heavy atom. The number of hydrogen-bond acceptors (Lipinski definition) is 4. The van der Waals surface area contributed by atoms with Crippen LogP contribution in [0, 0.1) is 0 Å². The second-order valence-electron chi connectivity index (χ2n) is 8.25. The van der Waals surface area contributed by atoms with Gasteiger partial charge in [0.1, 0.15) is 11.9 Å². The predicted molar refractivity (Wildman–Crippen MR) is 130 cm³/mol. The predicted octanol–water partition coefficient (Wildman–Crippen LogP) is 3.62. The molecule has 2 saturated heterocycles. The first-order valence-corrected chi connectivity index (χ1v) is 11.3. The molecule has 4 rings (SSSR count). The zero-order valence-electron chi connectivity index (χ0n) is 18.1. The number of benzene rings is 1. The molecule has 2 fully saturated rings. The van der Waals surface area contributed by atoms with Gasteiger partial charge in [-0.15, -0.1) is 24.0 Å². The molecular formula is C23H36IN3O3. The lowest BCUT2D eigenvalue weighted by Gasteiger charge is -2.35. The highest BCUT2D eigenvalue weighted by atomic mass is 127. The minimum atomic E-state index is 0. The quantitative estimate of drug-likeness (QED) is 0.347. The second kappa shape index (κ2) is 12.1. The van der Waals surface area contributed by atoms with Crippen molar-refractivity contribution < 1.29 is 14.2 Å². The van der Waals surface area contributed by atoms with E-state index in [9.17, 15) is 0 Å². The van der Waals surface area contributed by atoms with E-state index in [4.69, 9.17) is 19.2 Å². The van der Waals surface area contributed by atoms with Crippen molar-refractivity contribution in [1.82, 2.24) is 10.2 Å². The topological polar surface area (TPSA) is 55.3 Å². The minimum Gasteiger partial charge on any atom is -0.488 e. The number of guanidine groups is 1. The Labute approximate surface area is 197 Å². The summed E-state index contributed by atoms with van der Waals surface area (Å²) >= 11 is 0. The number of rotatable bonds is 6. The SMILES string of the molecule is CCNC(=NCC1Cc2ccccc2O1)N1CCC(OCC2CCCCO2)CC1.I. The fourth-order valence-electron chi connectivity index (χ4n) is 4.39. The Balaban J connectivity index is 0.00000256. The van der Waals surface area contributed by atoms with Crippen LogP contribution in [0.5, 0.6) is 5.75 Å². The van der Waals surface area contributed by atoms with Crippen molar-refractivity contribution in [3.05, 3.63) is 29.8 Å². The summed E-state index contributed by atoms with van der Waals surface area (Å²) in [5, 5.41) is 3.46. The van der Waals surface area contributed by atoms with Crippen LogP contribution in [0.2, 0.25) is 0 Å². The summed E-state index contributed by atoms with van der Waals surface area (Å²) < 4.78 is 18.0. The largest absolute Gasteiger partial charge is 0.488 e. The summed E-state index contributed by atoms with van der Waals surface area (Å²) in [6, 6.07) is 8.30. The highest BCUT2D eigenvalue weighted by Crippen LogP contribution is 2.28. The maximum absolute atomic E-state index is 6.16. The zero-order valence-corrected chi connectivity index (χ0v) is 20.4. The number of nitrogens with zero attached hydrogens (tertiary/aromatic N) is 2. The number of ether oxygens (including phenoxy) is 3. The molecule has 168 valence electrons. The van der Waals surface area contributed by atoms with Crippen molar-refractivity contribution in [2.75, 3.05) is 39.4 Å². The van der Waals surface area contributed by atoms with E-state index < -0.39 is 0 Å². The summed E-state index contributed by atoms with van der Waals surface area (Å²) in [5.41, 5.74) is 1.29. The Morgan fingerprint density at radius 1 is 1.17 bits per heavy atom. The summed E-state index contributed by atoms with van der Waals surface area (Å²) in [6.45, 7) is 7.29. The molecule has 2 unspecified atom stereocenters. The van der Waals surface area contributed by atoms with Gasteiger partial charge in [-0.2, -0.15) is 0 Å². The molecule has 0 saturated carbocycles. The molecular weight excluding hydrogens is 493 g/mol. The summed E-state index contributed by atoms with van der Waals surface area (Å²) in [4.78, 5) is 7.26. The van der Waals surface area contributed by atoms with E-state index in [2.05, 4.69) is 29.3 Å². The maximum atomic E-state index is 6.16. The summed E-state index contributed by atoms with van der Waals surface area (Å²) in [5.74, 6) is 2.01. The van der Waals surface area contributed by atoms with E-state index in [1.165, 1.54) is 18.4 Å². The van der Waals surface area contributed by atoms with Gasteiger partial charge in [-0.3, -0.25) is 0 Å². The van der Waals surface area contributed by atoms with Crippen molar-refractivity contribution in [3.63, 3.8) is 0 Å². The highest BCUT2D eigenvalue weighted by Gasteiger charge is 2.25. The summed E-state index contributed by atoms with van der Waals surface area (Å²) in [7, 11) is 0. The molecule has 3 heterocycles. The smallest absolute Gasteiger partial charge is 0.194 e. The minimum absolute atomic E-state index is 0. The van der Waals surface area contributed by atoms with Gasteiger partial charge in [-0.1, -0.05) is 18.2 Å². The summed E-state index contributed by atoms with van der Waals surface area (Å²) in [6.07, 6.45) is 7.41. The standard InChI is InChI=1S/C23H35N3O3.HI/c1-2-24-23(25-16-21-15-18-7-3-4-9-22(18)29-21)26-12-10-19(11-13-26)28-17-20-8-5-6-14-27-20;/h3-4,7,9,19-21H,2,5-6,8,10-17H2,1H3,(H,24,25);1H. The van der Waals surface area contributed by atoms with Crippen LogP contribution < -0.4 is 10.1 Å². The van der Waals surface area contributed by atoms with Gasteiger partial charge in [0.05, 0.1) is 25.4 Å². The van der Waals surface area contributed by atoms with E-state index in [-0.39, 0.29) is 30.1 Å². The van der Waals surface area contributed by atoms with Crippen LogP contribution in [0.1, 0.15) is 44.6 Å². The van der Waals surface area contributed by atoms with E-state index >= 15 is 0 Å². The molecule has 30 heavy (non-hydrogen) atoms. The van der Waals surface area contributed by atoms with Crippen molar-refractivity contribution >= 4 is 29.9 Å². The third-order valence-corrected chi connectivity index (χ3v) is 6.03. The molecule has 1 aromatic rings. The Kier molecular flexibility index (Phi) is 9.52. The van der Waals surface area contributed by atoms with Crippen molar-refractivity contribution in [2.24, 2.45) is 4.99 Å². The van der Waals surface area contributed by atoms with Gasteiger partial charge in [0, 0.05) is 32.7 Å². The molecule has 1 N–H and O–H groups in total. The van der Waals surface area contributed by atoms with Crippen LogP contribution in [0.25, 0.3) is 0 Å². The van der Waals surface area contributed by atoms with Crippen LogP contribution in [0.3, 0.4) is 0 Å². The van der Waals surface area contributed by atoms with E-state index in [0.717, 1.165) is 70.2 Å². The van der Waals surface area contributed by atoms with Crippen molar-refractivity contribution in [2.45, 2.75) is 63.8 Å². The first-order valence-electron chi connectivity index (χ1n) is 11.3. The van der Waals surface area contributed by atoms with Gasteiger partial charge in [0.25, 0.3) is 0 Å². The van der Waals surface area contributed by atoms with Gasteiger partial charge >= 0.3 is 0 Å². The first kappa shape index (κ1) is 23.6. The molecule has 0 aromatic heterocycles. The lowest BCUT2D eigenvalue weighted by Crippen LogP contribution is -2.47. The molecule has 7 heteroatoms. The monoisotopic (exact) mass is 529 g/mol. The van der Waals surface area contributed by atoms with E-state index in [1.54, 1.807) is 0 Å². The molecule has 0 amide bonds. The average Bonchev–Trinajstić information content (AvgIpc) is 3.19. The van der Waals surface area contributed by atoms with E-state index in [1.807, 2.05) is 12.1 Å². The molecule has 0 radical (unpaired) electrons. The Bertz CT molecular complexity index is 648. The van der Waals surface area contributed by atoms with Crippen LogP contribution in [0.4, 0.5) is 0 Å². The average molecular weight is 529 g/mol. The van der Waals surface area contributed by atoms with Crippen LogP contribution in [-0.4, -0.2) is 68.6 Å². The first-order chi connectivity index (χ1) is 14.3. The Morgan fingerprint density at radius 2 is 2.00 bits per heavy atom. The third-order valence-electron chi connectivity index (χ3n) is 6.03. The molecule has 3 aliphatic rings. The molecule has 0 bridgehead atoms. The molecule has 6 nitrogen and oxygen atoms in total. The lowest BCUT2D eigenvalue weighted by molar-refractivity contribution is -0.0721. The van der Waals surface area contributed by atoms with Gasteiger partial charge < -0.3 is 24.4 Å². The molecule has 1 aromatic carbocycles. The Hall–Kier alpha value is -1.06. The molecule has 0 aliphatic carbocycles. The van der Waals surface area contributed by atoms with Crippen LogP contribution in [-0.2, 0) is 15.9 Å². The second-order valence-corrected chi connectivity index (χ2v) is 8.25. The maximum Gasteiger partial charge on any atom is 0.194 e.